The summed E-state index contributed by atoms with van der Waals surface area (Å²) in [6, 6.07) is 12.1. The van der Waals surface area contributed by atoms with Crippen molar-refractivity contribution >= 4 is 40.7 Å². The van der Waals surface area contributed by atoms with E-state index in [1.54, 1.807) is 30.3 Å². The highest BCUT2D eigenvalue weighted by Gasteiger charge is 2.36. The summed E-state index contributed by atoms with van der Waals surface area (Å²) in [5.41, 5.74) is 2.12. The van der Waals surface area contributed by atoms with Gasteiger partial charge in [0.1, 0.15) is 6.54 Å². The summed E-state index contributed by atoms with van der Waals surface area (Å²) >= 11 is 6.21. The molecule has 0 saturated carbocycles. The maximum atomic E-state index is 12.5. The maximum Gasteiger partial charge on any atom is 0.262 e. The third kappa shape index (κ3) is 3.28. The first kappa shape index (κ1) is 17.5. The van der Waals surface area contributed by atoms with Gasteiger partial charge in [0.2, 0.25) is 5.91 Å². The molecule has 0 aromatic heterocycles. The number of hydrogen-bond acceptors (Lipinski definition) is 4. The molecular weight excluding hydrogens is 366 g/mol. The standard InChI is InChI=1S/C20H18ClN3O3/c21-16-8-7-13(23-9-3-4-10-23)11-17(16)22-18(25)12-24-19(26)14-5-1-2-6-15(14)20(24)27/h1-2,5-8,11H,3-4,9-10,12H2,(H,22,25). The monoisotopic (exact) mass is 383 g/mol. The molecule has 1 N–H and O–H groups in total. The molecule has 4 rings (SSSR count). The summed E-state index contributed by atoms with van der Waals surface area (Å²) < 4.78 is 0. The van der Waals surface area contributed by atoms with Crippen LogP contribution in [0, 0.1) is 0 Å². The molecule has 2 heterocycles. The van der Waals surface area contributed by atoms with Crippen molar-refractivity contribution in [2.75, 3.05) is 29.9 Å². The first-order valence-corrected chi connectivity index (χ1v) is 9.22. The Hall–Kier alpha value is -2.86. The van der Waals surface area contributed by atoms with Crippen LogP contribution in [0.2, 0.25) is 5.02 Å². The Bertz CT molecular complexity index is 903. The van der Waals surface area contributed by atoms with Crippen LogP contribution in [-0.4, -0.2) is 42.3 Å². The predicted molar refractivity (Wildman–Crippen MR) is 103 cm³/mol. The lowest BCUT2D eigenvalue weighted by molar-refractivity contribution is -0.116. The van der Waals surface area contributed by atoms with E-state index in [-0.39, 0.29) is 6.54 Å². The lowest BCUT2D eigenvalue weighted by atomic mass is 10.1. The van der Waals surface area contributed by atoms with Crippen molar-refractivity contribution in [3.8, 4) is 0 Å². The van der Waals surface area contributed by atoms with Crippen LogP contribution in [-0.2, 0) is 4.79 Å². The molecule has 138 valence electrons. The average molecular weight is 384 g/mol. The number of fused-ring (bicyclic) bond motifs is 1. The van der Waals surface area contributed by atoms with Gasteiger partial charge in [-0.3, -0.25) is 19.3 Å². The van der Waals surface area contributed by atoms with E-state index in [1.807, 2.05) is 12.1 Å². The van der Waals surface area contributed by atoms with E-state index in [1.165, 1.54) is 0 Å². The summed E-state index contributed by atoms with van der Waals surface area (Å²) in [5.74, 6) is -1.38. The normalized spacial score (nSPS) is 16.0. The minimum atomic E-state index is -0.468. The predicted octanol–water partition coefficient (Wildman–Crippen LogP) is 3.17. The van der Waals surface area contributed by atoms with Crippen LogP contribution in [0.3, 0.4) is 0 Å². The van der Waals surface area contributed by atoms with E-state index in [9.17, 15) is 14.4 Å². The summed E-state index contributed by atoms with van der Waals surface area (Å²) in [4.78, 5) is 40.4. The minimum absolute atomic E-state index is 0.323. The van der Waals surface area contributed by atoms with Crippen molar-refractivity contribution in [3.63, 3.8) is 0 Å². The second kappa shape index (κ2) is 7.04. The first-order valence-electron chi connectivity index (χ1n) is 8.84. The zero-order valence-corrected chi connectivity index (χ0v) is 15.3. The van der Waals surface area contributed by atoms with E-state index in [4.69, 9.17) is 11.6 Å². The van der Waals surface area contributed by atoms with Crippen LogP contribution in [0.1, 0.15) is 33.6 Å². The van der Waals surface area contributed by atoms with Crippen LogP contribution in [0.5, 0.6) is 0 Å². The topological polar surface area (TPSA) is 69.7 Å². The van der Waals surface area contributed by atoms with Gasteiger partial charge in [-0.1, -0.05) is 23.7 Å². The Morgan fingerprint density at radius 1 is 1.00 bits per heavy atom. The third-order valence-corrected chi connectivity index (χ3v) is 5.20. The van der Waals surface area contributed by atoms with Crippen LogP contribution in [0.15, 0.2) is 42.5 Å². The second-order valence-corrected chi connectivity index (χ2v) is 7.06. The van der Waals surface area contributed by atoms with Crippen molar-refractivity contribution in [2.24, 2.45) is 0 Å². The SMILES string of the molecule is O=C(CN1C(=O)c2ccccc2C1=O)Nc1cc(N2CCCC2)ccc1Cl. The Kier molecular flexibility index (Phi) is 4.58. The van der Waals surface area contributed by atoms with Gasteiger partial charge >= 0.3 is 0 Å². The van der Waals surface area contributed by atoms with Crippen LogP contribution < -0.4 is 10.2 Å². The number of carbonyl (C=O) groups excluding carboxylic acids is 3. The highest BCUT2D eigenvalue weighted by atomic mass is 35.5. The molecule has 3 amide bonds. The Morgan fingerprint density at radius 3 is 2.26 bits per heavy atom. The number of anilines is 2. The fraction of sp³-hybridized carbons (Fsp3) is 0.250. The number of imide groups is 1. The summed E-state index contributed by atoms with van der Waals surface area (Å²) in [7, 11) is 0. The Morgan fingerprint density at radius 2 is 1.63 bits per heavy atom. The molecule has 0 atom stereocenters. The summed E-state index contributed by atoms with van der Waals surface area (Å²) in [6.07, 6.45) is 2.29. The molecule has 1 fully saturated rings. The molecule has 2 aliphatic heterocycles. The zero-order valence-electron chi connectivity index (χ0n) is 14.6. The van der Waals surface area contributed by atoms with Gasteiger partial charge in [-0.25, -0.2) is 0 Å². The first-order chi connectivity index (χ1) is 13.0. The van der Waals surface area contributed by atoms with E-state index in [2.05, 4.69) is 10.2 Å². The van der Waals surface area contributed by atoms with Crippen molar-refractivity contribution < 1.29 is 14.4 Å². The fourth-order valence-corrected chi connectivity index (χ4v) is 3.66. The molecule has 6 nitrogen and oxygen atoms in total. The van der Waals surface area contributed by atoms with Crippen LogP contribution >= 0.6 is 11.6 Å². The highest BCUT2D eigenvalue weighted by molar-refractivity contribution is 6.34. The number of halogens is 1. The molecule has 0 radical (unpaired) electrons. The van der Waals surface area contributed by atoms with Crippen LogP contribution in [0.25, 0.3) is 0 Å². The van der Waals surface area contributed by atoms with Gasteiger partial charge in [0.15, 0.2) is 0 Å². The van der Waals surface area contributed by atoms with E-state index in [0.29, 0.717) is 21.8 Å². The summed E-state index contributed by atoms with van der Waals surface area (Å²) in [5, 5.41) is 3.14. The molecule has 0 aliphatic carbocycles. The molecule has 2 aromatic rings. The molecule has 0 unspecified atom stereocenters. The van der Waals surface area contributed by atoms with Gasteiger partial charge in [0.25, 0.3) is 11.8 Å². The number of rotatable bonds is 4. The number of amides is 3. The largest absolute Gasteiger partial charge is 0.371 e. The third-order valence-electron chi connectivity index (χ3n) is 4.88. The molecular formula is C20H18ClN3O3. The lowest BCUT2D eigenvalue weighted by Crippen LogP contribution is -2.37. The van der Waals surface area contributed by atoms with Crippen LogP contribution in [0.4, 0.5) is 11.4 Å². The number of nitrogens with one attached hydrogen (secondary N) is 1. The van der Waals surface area contributed by atoms with E-state index < -0.39 is 17.7 Å². The number of benzene rings is 2. The smallest absolute Gasteiger partial charge is 0.262 e. The molecule has 27 heavy (non-hydrogen) atoms. The number of carbonyl (C=O) groups is 3. The van der Waals surface area contributed by atoms with E-state index in [0.717, 1.165) is 36.5 Å². The van der Waals surface area contributed by atoms with Crippen molar-refractivity contribution in [2.45, 2.75) is 12.8 Å². The van der Waals surface area contributed by atoms with Gasteiger partial charge in [-0.15, -0.1) is 0 Å². The van der Waals surface area contributed by atoms with Gasteiger partial charge in [0, 0.05) is 18.8 Å². The quantitative estimate of drug-likeness (QED) is 0.823. The minimum Gasteiger partial charge on any atom is -0.371 e. The van der Waals surface area contributed by atoms with Gasteiger partial charge < -0.3 is 10.2 Å². The summed E-state index contributed by atoms with van der Waals surface area (Å²) in [6.45, 7) is 1.60. The van der Waals surface area contributed by atoms with Gasteiger partial charge in [0.05, 0.1) is 21.8 Å². The maximum absolute atomic E-state index is 12.5. The van der Waals surface area contributed by atoms with E-state index >= 15 is 0 Å². The fourth-order valence-electron chi connectivity index (χ4n) is 3.50. The van der Waals surface area contributed by atoms with Gasteiger partial charge in [-0.2, -0.15) is 0 Å². The molecule has 0 spiro atoms. The average Bonchev–Trinajstić information content (AvgIpc) is 3.28. The molecule has 7 heteroatoms. The molecule has 2 aliphatic rings. The van der Waals surface area contributed by atoms with Crippen molar-refractivity contribution in [1.82, 2.24) is 4.90 Å². The Balaban J connectivity index is 1.48. The van der Waals surface area contributed by atoms with Crippen molar-refractivity contribution in [1.29, 1.82) is 0 Å². The second-order valence-electron chi connectivity index (χ2n) is 6.65. The molecule has 0 bridgehead atoms. The zero-order chi connectivity index (χ0) is 19.0. The molecule has 1 saturated heterocycles. The molecule has 2 aromatic carbocycles. The number of nitrogens with zero attached hydrogens (tertiary/aromatic N) is 2. The highest BCUT2D eigenvalue weighted by Crippen LogP contribution is 2.30. The number of hydrogen-bond donors (Lipinski definition) is 1. The lowest BCUT2D eigenvalue weighted by Gasteiger charge is -2.19. The Labute approximate surface area is 161 Å². The van der Waals surface area contributed by atoms with Crippen molar-refractivity contribution in [3.05, 3.63) is 58.6 Å². The van der Waals surface area contributed by atoms with Gasteiger partial charge in [-0.05, 0) is 43.2 Å².